The van der Waals surface area contributed by atoms with Gasteiger partial charge in [-0.05, 0) is 69.2 Å². The van der Waals surface area contributed by atoms with Crippen LogP contribution in [0.25, 0.3) is 0 Å². The second kappa shape index (κ2) is 10.8. The molecule has 0 aliphatic rings. The summed E-state index contributed by atoms with van der Waals surface area (Å²) in [5.41, 5.74) is 1.46. The van der Waals surface area contributed by atoms with Crippen LogP contribution in [0.1, 0.15) is 25.8 Å². The van der Waals surface area contributed by atoms with Crippen LogP contribution >= 0.6 is 0 Å². The summed E-state index contributed by atoms with van der Waals surface area (Å²) in [6, 6.07) is 13.0. The van der Waals surface area contributed by atoms with Gasteiger partial charge < -0.3 is 14.8 Å². The van der Waals surface area contributed by atoms with Crippen molar-refractivity contribution in [2.45, 2.75) is 38.2 Å². The Morgan fingerprint density at radius 3 is 2.48 bits per heavy atom. The summed E-state index contributed by atoms with van der Waals surface area (Å²) in [5.74, 6) is 0.171. The highest BCUT2D eigenvalue weighted by Gasteiger charge is 2.14. The molecule has 29 heavy (non-hydrogen) atoms. The van der Waals surface area contributed by atoms with E-state index in [-0.39, 0.29) is 23.5 Å². The third-order valence-electron chi connectivity index (χ3n) is 3.87. The Bertz CT molecular complexity index is 896. The highest BCUT2D eigenvalue weighted by molar-refractivity contribution is 7.92. The van der Waals surface area contributed by atoms with Crippen molar-refractivity contribution in [2.75, 3.05) is 24.5 Å². The van der Waals surface area contributed by atoms with Gasteiger partial charge in [-0.25, -0.2) is 8.42 Å². The summed E-state index contributed by atoms with van der Waals surface area (Å²) in [6.07, 6.45) is 0.901. The van der Waals surface area contributed by atoms with Gasteiger partial charge in [0.1, 0.15) is 5.75 Å². The fourth-order valence-corrected chi connectivity index (χ4v) is 3.51. The van der Waals surface area contributed by atoms with Gasteiger partial charge in [-0.15, -0.1) is 0 Å². The SMILES string of the molecule is Cc1cccc(NS(=O)(=O)c2ccc(OCC(=O)NCCCOC(C)C)cc2)c1. The molecule has 158 valence electrons. The first-order chi connectivity index (χ1) is 13.8. The van der Waals surface area contributed by atoms with Crippen LogP contribution in [0.5, 0.6) is 5.75 Å². The van der Waals surface area contributed by atoms with Gasteiger partial charge in [0.15, 0.2) is 6.61 Å². The maximum absolute atomic E-state index is 12.5. The van der Waals surface area contributed by atoms with Crippen molar-refractivity contribution in [2.24, 2.45) is 0 Å². The average Bonchev–Trinajstić information content (AvgIpc) is 2.66. The zero-order chi connectivity index (χ0) is 21.3. The third-order valence-corrected chi connectivity index (χ3v) is 5.27. The molecule has 0 radical (unpaired) electrons. The Balaban J connectivity index is 1.81. The molecule has 0 saturated heterocycles. The van der Waals surface area contributed by atoms with E-state index in [0.717, 1.165) is 12.0 Å². The van der Waals surface area contributed by atoms with Gasteiger partial charge in [0.2, 0.25) is 0 Å². The molecule has 8 heteroatoms. The van der Waals surface area contributed by atoms with E-state index in [9.17, 15) is 13.2 Å². The summed E-state index contributed by atoms with van der Waals surface area (Å²) in [4.78, 5) is 11.9. The number of sulfonamides is 1. The predicted octanol–water partition coefficient (Wildman–Crippen LogP) is 3.11. The predicted molar refractivity (Wildman–Crippen MR) is 113 cm³/mol. The van der Waals surface area contributed by atoms with Gasteiger partial charge in [-0.3, -0.25) is 9.52 Å². The van der Waals surface area contributed by atoms with Crippen molar-refractivity contribution in [3.8, 4) is 5.75 Å². The van der Waals surface area contributed by atoms with Crippen LogP contribution < -0.4 is 14.8 Å². The van der Waals surface area contributed by atoms with Crippen molar-refractivity contribution in [1.29, 1.82) is 0 Å². The molecule has 0 aromatic heterocycles. The topological polar surface area (TPSA) is 93.7 Å². The molecule has 0 bridgehead atoms. The summed E-state index contributed by atoms with van der Waals surface area (Å²) in [7, 11) is -3.70. The van der Waals surface area contributed by atoms with Crippen LogP contribution in [-0.2, 0) is 19.6 Å². The number of anilines is 1. The Morgan fingerprint density at radius 2 is 1.83 bits per heavy atom. The lowest BCUT2D eigenvalue weighted by molar-refractivity contribution is -0.123. The van der Waals surface area contributed by atoms with Gasteiger partial charge in [0, 0.05) is 18.8 Å². The second-order valence-corrected chi connectivity index (χ2v) is 8.54. The molecule has 0 heterocycles. The van der Waals surface area contributed by atoms with E-state index in [2.05, 4.69) is 10.0 Å². The molecule has 0 atom stereocenters. The van der Waals surface area contributed by atoms with Crippen LogP contribution in [-0.4, -0.2) is 40.2 Å². The summed E-state index contributed by atoms with van der Waals surface area (Å²) in [6.45, 7) is 6.77. The zero-order valence-corrected chi connectivity index (χ0v) is 17.8. The van der Waals surface area contributed by atoms with Crippen molar-refractivity contribution in [3.63, 3.8) is 0 Å². The van der Waals surface area contributed by atoms with Crippen molar-refractivity contribution in [3.05, 3.63) is 54.1 Å². The Hall–Kier alpha value is -2.58. The molecule has 0 aliphatic carbocycles. The number of carbonyl (C=O) groups excluding carboxylic acids is 1. The second-order valence-electron chi connectivity index (χ2n) is 6.86. The number of rotatable bonds is 11. The highest BCUT2D eigenvalue weighted by Crippen LogP contribution is 2.19. The van der Waals surface area contributed by atoms with Crippen molar-refractivity contribution < 1.29 is 22.7 Å². The van der Waals surface area contributed by atoms with E-state index in [1.165, 1.54) is 24.3 Å². The van der Waals surface area contributed by atoms with Crippen LogP contribution in [0.2, 0.25) is 0 Å². The van der Waals surface area contributed by atoms with E-state index < -0.39 is 10.0 Å². The van der Waals surface area contributed by atoms with Crippen LogP contribution in [0.15, 0.2) is 53.4 Å². The van der Waals surface area contributed by atoms with Gasteiger partial charge in [0.05, 0.1) is 11.0 Å². The van der Waals surface area contributed by atoms with E-state index >= 15 is 0 Å². The van der Waals surface area contributed by atoms with E-state index in [1.54, 1.807) is 18.2 Å². The number of amides is 1. The summed E-state index contributed by atoms with van der Waals surface area (Å²) in [5, 5.41) is 2.74. The molecular formula is C21H28N2O5S. The number of hydrogen-bond acceptors (Lipinski definition) is 5. The van der Waals surface area contributed by atoms with Crippen molar-refractivity contribution >= 4 is 21.6 Å². The first kappa shape index (κ1) is 22.7. The standard InChI is InChI=1S/C21H28N2O5S/c1-16(2)27-13-5-12-22-21(24)15-28-19-8-10-20(11-9-19)29(25,26)23-18-7-4-6-17(3)14-18/h4,6-11,14,16,23H,5,12-13,15H2,1-3H3,(H,22,24). The summed E-state index contributed by atoms with van der Waals surface area (Å²) >= 11 is 0. The van der Waals surface area contributed by atoms with Gasteiger partial charge in [-0.1, -0.05) is 12.1 Å². The fourth-order valence-electron chi connectivity index (χ4n) is 2.46. The Kier molecular flexibility index (Phi) is 8.48. The number of hydrogen-bond donors (Lipinski definition) is 2. The lowest BCUT2D eigenvalue weighted by Crippen LogP contribution is -2.30. The molecule has 0 saturated carbocycles. The lowest BCUT2D eigenvalue weighted by atomic mass is 10.2. The quantitative estimate of drug-likeness (QED) is 0.545. The van der Waals surface area contributed by atoms with E-state index in [0.29, 0.717) is 24.6 Å². The number of aryl methyl sites for hydroxylation is 1. The monoisotopic (exact) mass is 420 g/mol. The van der Waals surface area contributed by atoms with Crippen LogP contribution in [0.3, 0.4) is 0 Å². The molecule has 7 nitrogen and oxygen atoms in total. The smallest absolute Gasteiger partial charge is 0.261 e. The molecule has 0 unspecified atom stereocenters. The summed E-state index contributed by atoms with van der Waals surface area (Å²) < 4.78 is 38.3. The number of ether oxygens (including phenoxy) is 2. The molecule has 0 fully saturated rings. The van der Waals surface area contributed by atoms with Crippen LogP contribution in [0.4, 0.5) is 5.69 Å². The molecule has 0 spiro atoms. The van der Waals surface area contributed by atoms with Gasteiger partial charge >= 0.3 is 0 Å². The van der Waals surface area contributed by atoms with Gasteiger partial charge in [-0.2, -0.15) is 0 Å². The minimum absolute atomic E-state index is 0.112. The van der Waals surface area contributed by atoms with Gasteiger partial charge in [0.25, 0.3) is 15.9 Å². The molecule has 2 aromatic carbocycles. The van der Waals surface area contributed by atoms with Crippen LogP contribution in [0, 0.1) is 6.92 Å². The first-order valence-electron chi connectivity index (χ1n) is 9.47. The lowest BCUT2D eigenvalue weighted by Gasteiger charge is -2.11. The molecule has 0 aliphatic heterocycles. The fraction of sp³-hybridized carbons (Fsp3) is 0.381. The molecule has 1 amide bonds. The highest BCUT2D eigenvalue weighted by atomic mass is 32.2. The number of benzene rings is 2. The Labute approximate surface area is 172 Å². The van der Waals surface area contributed by atoms with Crippen molar-refractivity contribution in [1.82, 2.24) is 5.32 Å². The maximum atomic E-state index is 12.5. The first-order valence-corrected chi connectivity index (χ1v) is 11.0. The molecule has 2 aromatic rings. The van der Waals surface area contributed by atoms with E-state index in [4.69, 9.17) is 9.47 Å². The largest absolute Gasteiger partial charge is 0.484 e. The zero-order valence-electron chi connectivity index (χ0n) is 17.0. The maximum Gasteiger partial charge on any atom is 0.261 e. The molecule has 2 rings (SSSR count). The average molecular weight is 421 g/mol. The normalized spacial score (nSPS) is 11.3. The minimum Gasteiger partial charge on any atom is -0.484 e. The Morgan fingerprint density at radius 1 is 1.10 bits per heavy atom. The molecule has 2 N–H and O–H groups in total. The minimum atomic E-state index is -3.70. The van der Waals surface area contributed by atoms with E-state index in [1.807, 2.05) is 26.8 Å². The number of carbonyl (C=O) groups is 1. The number of nitrogens with one attached hydrogen (secondary N) is 2. The third kappa shape index (κ3) is 8.13. The molecular weight excluding hydrogens is 392 g/mol.